The maximum absolute atomic E-state index is 12.9. The number of carbonyl (C=O) groups excluding carboxylic acids is 2. The number of Topliss-reactive ketones (excluding diaryl/α,β-unsaturated/α-hetero) is 1. The minimum atomic E-state index is -1.45. The second-order valence-electron chi connectivity index (χ2n) is 6.50. The Bertz CT molecular complexity index is 1020. The van der Waals surface area contributed by atoms with Crippen LogP contribution in [-0.2, 0) is 9.59 Å². The third-order valence-corrected chi connectivity index (χ3v) is 4.95. The number of nitrogens with one attached hydrogen (secondary N) is 1. The van der Waals surface area contributed by atoms with Crippen molar-refractivity contribution in [3.63, 3.8) is 0 Å². The SMILES string of the molecule is CCOc1ccc(Cl)c(NC(=O)C(N=Nc2cc(OC)c(Cl)c(OC)c2)C(C)=O)c1OCC. The molecule has 1 atom stereocenters. The number of methoxy groups -OCH3 is 2. The molecule has 0 heterocycles. The Kier molecular flexibility index (Phi) is 9.74. The molecule has 178 valence electrons. The number of amides is 1. The van der Waals surface area contributed by atoms with Gasteiger partial charge in [0, 0.05) is 12.1 Å². The summed E-state index contributed by atoms with van der Waals surface area (Å²) >= 11 is 12.4. The van der Waals surface area contributed by atoms with Crippen LogP contribution in [0.2, 0.25) is 10.0 Å². The van der Waals surface area contributed by atoms with E-state index in [4.69, 9.17) is 42.1 Å². The highest BCUT2D eigenvalue weighted by atomic mass is 35.5. The number of ketones is 1. The van der Waals surface area contributed by atoms with Gasteiger partial charge in [0.1, 0.15) is 22.2 Å². The number of carbonyl (C=O) groups is 2. The molecule has 0 aliphatic heterocycles. The molecular weight excluding hydrogens is 473 g/mol. The van der Waals surface area contributed by atoms with Gasteiger partial charge in [0.15, 0.2) is 17.3 Å². The van der Waals surface area contributed by atoms with Gasteiger partial charge in [-0.05, 0) is 32.9 Å². The van der Waals surface area contributed by atoms with Gasteiger partial charge < -0.3 is 24.3 Å². The van der Waals surface area contributed by atoms with Crippen molar-refractivity contribution >= 4 is 46.3 Å². The van der Waals surface area contributed by atoms with E-state index in [0.29, 0.717) is 30.5 Å². The van der Waals surface area contributed by atoms with Gasteiger partial charge in [-0.2, -0.15) is 10.2 Å². The lowest BCUT2D eigenvalue weighted by Crippen LogP contribution is -2.32. The van der Waals surface area contributed by atoms with Crippen molar-refractivity contribution in [3.8, 4) is 23.0 Å². The molecule has 0 aromatic heterocycles. The lowest BCUT2D eigenvalue weighted by atomic mass is 10.2. The number of halogens is 2. The fourth-order valence-corrected chi connectivity index (χ4v) is 3.22. The van der Waals surface area contributed by atoms with Crippen molar-refractivity contribution in [2.24, 2.45) is 10.2 Å². The van der Waals surface area contributed by atoms with E-state index >= 15 is 0 Å². The Hall–Kier alpha value is -3.04. The summed E-state index contributed by atoms with van der Waals surface area (Å²) in [5.41, 5.74) is 0.448. The van der Waals surface area contributed by atoms with Crippen molar-refractivity contribution < 1.29 is 28.5 Å². The standard InChI is InChI=1S/C22H25Cl2N3O6/c1-6-32-15-9-8-14(23)20(21(15)33-7-2)25-22(29)19(12(3)28)27-26-13-10-16(30-4)18(24)17(11-13)31-5/h8-11,19H,6-7H2,1-5H3,(H,25,29). The first-order valence-electron chi connectivity index (χ1n) is 9.99. The summed E-state index contributed by atoms with van der Waals surface area (Å²) in [6.45, 7) is 5.51. The van der Waals surface area contributed by atoms with Gasteiger partial charge in [-0.3, -0.25) is 9.59 Å². The topological polar surface area (TPSA) is 108 Å². The van der Waals surface area contributed by atoms with Crippen LogP contribution in [0.5, 0.6) is 23.0 Å². The maximum atomic E-state index is 12.9. The first-order valence-corrected chi connectivity index (χ1v) is 10.7. The molecule has 33 heavy (non-hydrogen) atoms. The fourth-order valence-electron chi connectivity index (χ4n) is 2.76. The Balaban J connectivity index is 2.38. The normalized spacial score (nSPS) is 11.7. The number of rotatable bonds is 11. The molecule has 11 heteroatoms. The molecule has 1 amide bonds. The smallest absolute Gasteiger partial charge is 0.258 e. The van der Waals surface area contributed by atoms with E-state index in [2.05, 4.69) is 15.5 Å². The summed E-state index contributed by atoms with van der Waals surface area (Å²) in [6.07, 6.45) is 0. The Morgan fingerprint density at radius 1 is 1.00 bits per heavy atom. The van der Waals surface area contributed by atoms with Crippen LogP contribution >= 0.6 is 23.2 Å². The number of hydrogen-bond acceptors (Lipinski definition) is 8. The van der Waals surface area contributed by atoms with Crippen LogP contribution in [0.25, 0.3) is 0 Å². The number of azo groups is 1. The van der Waals surface area contributed by atoms with Crippen LogP contribution in [0.1, 0.15) is 20.8 Å². The highest BCUT2D eigenvalue weighted by Gasteiger charge is 2.26. The molecule has 0 radical (unpaired) electrons. The van der Waals surface area contributed by atoms with Crippen LogP contribution < -0.4 is 24.3 Å². The third-order valence-electron chi connectivity index (χ3n) is 4.26. The monoisotopic (exact) mass is 497 g/mol. The predicted octanol–water partition coefficient (Wildman–Crippen LogP) is 5.49. The Morgan fingerprint density at radius 2 is 1.61 bits per heavy atom. The third kappa shape index (κ3) is 6.49. The lowest BCUT2D eigenvalue weighted by Gasteiger charge is -2.18. The molecule has 0 fully saturated rings. The number of nitrogens with zero attached hydrogens (tertiary/aromatic N) is 2. The van der Waals surface area contributed by atoms with Gasteiger partial charge in [0.05, 0.1) is 38.1 Å². The molecule has 1 unspecified atom stereocenters. The summed E-state index contributed by atoms with van der Waals surface area (Å²) in [5, 5.41) is 11.0. The van der Waals surface area contributed by atoms with Crippen LogP contribution in [0.3, 0.4) is 0 Å². The second-order valence-corrected chi connectivity index (χ2v) is 7.28. The Morgan fingerprint density at radius 3 is 2.12 bits per heavy atom. The molecule has 0 aliphatic carbocycles. The second kappa shape index (κ2) is 12.3. The average Bonchev–Trinajstić information content (AvgIpc) is 2.78. The molecule has 0 aliphatic rings. The number of benzene rings is 2. The minimum absolute atomic E-state index is 0.172. The number of hydrogen-bond donors (Lipinski definition) is 1. The number of ether oxygens (including phenoxy) is 4. The van der Waals surface area contributed by atoms with E-state index in [-0.39, 0.29) is 27.2 Å². The van der Waals surface area contributed by atoms with Gasteiger partial charge in [0.25, 0.3) is 5.91 Å². The Labute approximate surface area is 202 Å². The molecule has 2 aromatic rings. The van der Waals surface area contributed by atoms with Gasteiger partial charge in [-0.1, -0.05) is 23.2 Å². The molecule has 0 saturated heterocycles. The van der Waals surface area contributed by atoms with Crippen LogP contribution in [0.15, 0.2) is 34.5 Å². The van der Waals surface area contributed by atoms with E-state index in [1.54, 1.807) is 19.1 Å². The van der Waals surface area contributed by atoms with E-state index in [1.807, 2.05) is 6.92 Å². The molecule has 0 saturated carbocycles. The van der Waals surface area contributed by atoms with Crippen molar-refractivity contribution in [1.82, 2.24) is 0 Å². The van der Waals surface area contributed by atoms with E-state index in [0.717, 1.165) is 0 Å². The van der Waals surface area contributed by atoms with Gasteiger partial charge in [-0.25, -0.2) is 0 Å². The molecule has 9 nitrogen and oxygen atoms in total. The molecule has 1 N–H and O–H groups in total. The predicted molar refractivity (Wildman–Crippen MR) is 126 cm³/mol. The van der Waals surface area contributed by atoms with Gasteiger partial charge in [0.2, 0.25) is 6.04 Å². The molecule has 2 aromatic carbocycles. The van der Waals surface area contributed by atoms with Crippen LogP contribution in [-0.4, -0.2) is 45.2 Å². The number of anilines is 1. The van der Waals surface area contributed by atoms with Crippen LogP contribution in [0, 0.1) is 0 Å². The summed E-state index contributed by atoms with van der Waals surface area (Å²) in [6, 6.07) is 4.74. The highest BCUT2D eigenvalue weighted by molar-refractivity contribution is 6.34. The quantitative estimate of drug-likeness (QED) is 0.324. The highest BCUT2D eigenvalue weighted by Crippen LogP contribution is 2.41. The summed E-state index contributed by atoms with van der Waals surface area (Å²) < 4.78 is 21.6. The van der Waals surface area contributed by atoms with Gasteiger partial charge in [-0.15, -0.1) is 0 Å². The molecule has 0 bridgehead atoms. The lowest BCUT2D eigenvalue weighted by molar-refractivity contribution is -0.126. The largest absolute Gasteiger partial charge is 0.495 e. The zero-order chi connectivity index (χ0) is 24.5. The van der Waals surface area contributed by atoms with Crippen LogP contribution in [0.4, 0.5) is 11.4 Å². The summed E-state index contributed by atoms with van der Waals surface area (Å²) in [5.74, 6) is -0.00815. The van der Waals surface area contributed by atoms with Crippen molar-refractivity contribution in [2.75, 3.05) is 32.8 Å². The average molecular weight is 498 g/mol. The maximum Gasteiger partial charge on any atom is 0.258 e. The molecular formula is C22H25Cl2N3O6. The van der Waals surface area contributed by atoms with Crippen molar-refractivity contribution in [1.29, 1.82) is 0 Å². The van der Waals surface area contributed by atoms with E-state index in [1.165, 1.54) is 33.3 Å². The van der Waals surface area contributed by atoms with Gasteiger partial charge >= 0.3 is 0 Å². The fraction of sp³-hybridized carbons (Fsp3) is 0.364. The van der Waals surface area contributed by atoms with Crippen molar-refractivity contribution in [3.05, 3.63) is 34.3 Å². The van der Waals surface area contributed by atoms with Crippen molar-refractivity contribution in [2.45, 2.75) is 26.8 Å². The first kappa shape index (κ1) is 26.2. The summed E-state index contributed by atoms with van der Waals surface area (Å²) in [7, 11) is 2.87. The zero-order valence-electron chi connectivity index (χ0n) is 18.9. The minimum Gasteiger partial charge on any atom is -0.495 e. The first-order chi connectivity index (χ1) is 15.8. The van der Waals surface area contributed by atoms with E-state index < -0.39 is 17.7 Å². The van der Waals surface area contributed by atoms with E-state index in [9.17, 15) is 9.59 Å². The molecule has 2 rings (SSSR count). The zero-order valence-corrected chi connectivity index (χ0v) is 20.4. The molecule has 0 spiro atoms. The summed E-state index contributed by atoms with van der Waals surface area (Å²) in [4.78, 5) is 25.1.